The standard InChI is InChI=1S/C49H66FN9O8S/c1-9-58-40-23-36(50)33-22-32(40)35(44(58)34-21-31(56-13-17-65-18-14-56)26-51-42(34)30(4)64-8)25-49(5,6)28-67-47(62)37-11-10-12-59(54-37)46(61)38(24-41-52-39(33)27-68-41)53-45(60)43(29(2)3)55(7)48(63)57-15-19-66-20-16-57/h21-23,26-27,29-30,37-38,43,54H,9-20,24-25,28H2,1-8H3,(H,53,60)/t30-,37-,38-,43-/m0/s1. The zero-order valence-corrected chi connectivity index (χ0v) is 41.4. The molecule has 0 radical (unpaired) electrons. The molecule has 2 N–H and O–H groups in total. The van der Waals surface area contributed by atoms with Gasteiger partial charge in [0.2, 0.25) is 5.91 Å². The zero-order valence-electron chi connectivity index (χ0n) is 40.6. The Kier molecular flexibility index (Phi) is 15.1. The molecule has 4 aliphatic rings. The van der Waals surface area contributed by atoms with Gasteiger partial charge in [0.15, 0.2) is 0 Å². The summed E-state index contributed by atoms with van der Waals surface area (Å²) in [6.45, 7) is 16.9. The number of carbonyl (C=O) groups is 4. The highest BCUT2D eigenvalue weighted by molar-refractivity contribution is 7.10. The first-order chi connectivity index (χ1) is 32.6. The lowest BCUT2D eigenvalue weighted by atomic mass is 9.84. The van der Waals surface area contributed by atoms with Crippen molar-refractivity contribution in [3.8, 4) is 22.5 Å². The number of hydrazine groups is 1. The Morgan fingerprint density at radius 2 is 1.76 bits per heavy atom. The minimum absolute atomic E-state index is 0.0267. The van der Waals surface area contributed by atoms with E-state index in [1.165, 1.54) is 21.2 Å². The molecule has 4 amide bonds. The molecule has 3 saturated heterocycles. The number of aryl methyl sites for hydroxylation is 1. The maximum atomic E-state index is 16.9. The first-order valence-corrected chi connectivity index (χ1v) is 24.8. The number of nitrogens with one attached hydrogen (secondary N) is 2. The molecule has 4 aliphatic heterocycles. The predicted octanol–water partition coefficient (Wildman–Crippen LogP) is 5.59. The number of rotatable bonds is 9. The number of anilines is 1. The number of morpholine rings is 2. The van der Waals surface area contributed by atoms with Crippen LogP contribution < -0.4 is 15.6 Å². The Labute approximate surface area is 401 Å². The summed E-state index contributed by atoms with van der Waals surface area (Å²) in [5, 5.41) is 7.45. The Balaban J connectivity index is 1.23. The summed E-state index contributed by atoms with van der Waals surface area (Å²) in [6, 6.07) is 2.39. The molecule has 0 saturated carbocycles. The second-order valence-corrected chi connectivity index (χ2v) is 20.3. The number of methoxy groups -OCH3 is 1. The first-order valence-electron chi connectivity index (χ1n) is 23.9. The summed E-state index contributed by atoms with van der Waals surface area (Å²) < 4.78 is 42.2. The molecule has 4 aromatic rings. The number of pyridine rings is 1. The summed E-state index contributed by atoms with van der Waals surface area (Å²) in [5.74, 6) is -2.26. The van der Waals surface area contributed by atoms with E-state index in [1.54, 1.807) is 30.5 Å². The highest BCUT2D eigenvalue weighted by Gasteiger charge is 2.39. The lowest BCUT2D eigenvalue weighted by Crippen LogP contribution is -2.62. The monoisotopic (exact) mass is 959 g/mol. The Bertz CT molecular complexity index is 2500. The fraction of sp³-hybridized carbons (Fsp3) is 0.592. The van der Waals surface area contributed by atoms with Crippen molar-refractivity contribution in [1.82, 2.24) is 40.1 Å². The molecule has 0 unspecified atom stereocenters. The van der Waals surface area contributed by atoms with Crippen molar-refractivity contribution < 1.29 is 42.5 Å². The van der Waals surface area contributed by atoms with Gasteiger partial charge in [-0.1, -0.05) is 27.7 Å². The molecular weight excluding hydrogens is 894 g/mol. The van der Waals surface area contributed by atoms with Crippen LogP contribution in [0.1, 0.15) is 76.8 Å². The van der Waals surface area contributed by atoms with Crippen molar-refractivity contribution in [3.05, 3.63) is 51.9 Å². The molecule has 368 valence electrons. The fourth-order valence-corrected chi connectivity index (χ4v) is 10.8. The summed E-state index contributed by atoms with van der Waals surface area (Å²) in [4.78, 5) is 71.9. The maximum absolute atomic E-state index is 16.9. The highest BCUT2D eigenvalue weighted by atomic mass is 32.1. The number of likely N-dealkylation sites (N-methyl/N-ethyl adjacent to an activating group) is 1. The number of hydrogen-bond donors (Lipinski definition) is 2. The van der Waals surface area contributed by atoms with Crippen molar-refractivity contribution in [3.63, 3.8) is 0 Å². The molecule has 0 spiro atoms. The molecular formula is C49H66FN9O8S. The van der Waals surface area contributed by atoms with Crippen LogP contribution in [0.5, 0.6) is 0 Å². The topological polar surface area (TPSA) is 173 Å². The third-order valence-corrected chi connectivity index (χ3v) is 14.4. The number of amides is 4. The van der Waals surface area contributed by atoms with Crippen LogP contribution in [0, 0.1) is 17.2 Å². The van der Waals surface area contributed by atoms with E-state index in [-0.39, 0.29) is 43.2 Å². The molecule has 3 fully saturated rings. The summed E-state index contributed by atoms with van der Waals surface area (Å²) in [7, 11) is 3.25. The minimum atomic E-state index is -1.15. The Morgan fingerprint density at radius 3 is 2.46 bits per heavy atom. The van der Waals surface area contributed by atoms with E-state index in [9.17, 15) is 19.2 Å². The Morgan fingerprint density at radius 1 is 1.04 bits per heavy atom. The van der Waals surface area contributed by atoms with Crippen LogP contribution in [0.2, 0.25) is 0 Å². The number of fused-ring (bicyclic) bond motifs is 6. The number of esters is 1. The third kappa shape index (κ3) is 10.2. The van der Waals surface area contributed by atoms with Gasteiger partial charge in [-0.2, -0.15) is 0 Å². The Hall–Kier alpha value is -5.21. The van der Waals surface area contributed by atoms with E-state index in [4.69, 9.17) is 28.9 Å². The van der Waals surface area contributed by atoms with Gasteiger partial charge in [-0.15, -0.1) is 11.3 Å². The van der Waals surface area contributed by atoms with Gasteiger partial charge in [0.05, 0.1) is 78.6 Å². The quantitative estimate of drug-likeness (QED) is 0.200. The van der Waals surface area contributed by atoms with Crippen molar-refractivity contribution in [2.45, 2.75) is 98.0 Å². The number of aromatic nitrogens is 3. The molecule has 8 rings (SSSR count). The van der Waals surface area contributed by atoms with Crippen LogP contribution in [0.4, 0.5) is 14.9 Å². The van der Waals surface area contributed by atoms with Crippen molar-refractivity contribution in [2.75, 3.05) is 84.8 Å². The molecule has 3 aromatic heterocycles. The van der Waals surface area contributed by atoms with Crippen molar-refractivity contribution >= 4 is 51.7 Å². The van der Waals surface area contributed by atoms with E-state index in [2.05, 4.69) is 26.3 Å². The average molecular weight is 960 g/mol. The first kappa shape index (κ1) is 49.2. The van der Waals surface area contributed by atoms with Crippen LogP contribution in [0.25, 0.3) is 33.4 Å². The predicted molar refractivity (Wildman–Crippen MR) is 256 cm³/mol. The maximum Gasteiger partial charge on any atom is 0.324 e. The third-order valence-electron chi connectivity index (χ3n) is 13.6. The molecule has 4 atom stereocenters. The molecule has 68 heavy (non-hydrogen) atoms. The number of benzene rings is 1. The van der Waals surface area contributed by atoms with E-state index in [0.29, 0.717) is 94.6 Å². The van der Waals surface area contributed by atoms with Crippen LogP contribution in [0.15, 0.2) is 29.8 Å². The lowest BCUT2D eigenvalue weighted by Gasteiger charge is -2.38. The average Bonchev–Trinajstić information content (AvgIpc) is 3.92. The zero-order chi connectivity index (χ0) is 48.4. The molecule has 7 heterocycles. The van der Waals surface area contributed by atoms with Crippen LogP contribution in [-0.4, -0.2) is 151 Å². The van der Waals surface area contributed by atoms with E-state index >= 15 is 4.39 Å². The highest BCUT2D eigenvalue weighted by Crippen LogP contribution is 2.44. The number of urea groups is 1. The van der Waals surface area contributed by atoms with E-state index in [0.717, 1.165) is 33.6 Å². The number of hydrogen-bond acceptors (Lipinski definition) is 13. The van der Waals surface area contributed by atoms with Crippen molar-refractivity contribution in [1.29, 1.82) is 0 Å². The second kappa shape index (κ2) is 20.8. The number of ether oxygens (including phenoxy) is 4. The van der Waals surface area contributed by atoms with Crippen LogP contribution >= 0.6 is 11.3 Å². The van der Waals surface area contributed by atoms with Gasteiger partial charge >= 0.3 is 12.0 Å². The van der Waals surface area contributed by atoms with Gasteiger partial charge in [0.1, 0.15) is 23.9 Å². The fourth-order valence-electron chi connectivity index (χ4n) is 9.92. The number of nitrogens with zero attached hydrogens (tertiary/aromatic N) is 7. The second-order valence-electron chi connectivity index (χ2n) is 19.4. The van der Waals surface area contributed by atoms with Gasteiger partial charge in [0, 0.05) is 87.2 Å². The van der Waals surface area contributed by atoms with Crippen molar-refractivity contribution in [2.24, 2.45) is 11.3 Å². The van der Waals surface area contributed by atoms with E-state index in [1.807, 2.05) is 53.8 Å². The van der Waals surface area contributed by atoms with Gasteiger partial charge in [-0.05, 0) is 62.8 Å². The summed E-state index contributed by atoms with van der Waals surface area (Å²) in [5.41, 5.74) is 8.24. The normalized spacial score (nSPS) is 21.4. The molecule has 0 aliphatic carbocycles. The van der Waals surface area contributed by atoms with Gasteiger partial charge < -0.3 is 43.5 Å². The number of cyclic esters (lactones) is 1. The minimum Gasteiger partial charge on any atom is -0.464 e. The SMILES string of the molecule is CCn1c(-c2cc(N3CCOCC3)cnc2[C@H](C)OC)c2c3cc(c(F)cc31)-c1csc(n1)C[C@H](NC(=O)[C@H](C(C)C)N(C)C(=O)N1CCOCC1)C(=O)N1CCC[C@H](N1)C(=O)OCC(C)(C)C2. The smallest absolute Gasteiger partial charge is 0.324 e. The molecule has 1 aromatic carbocycles. The van der Waals surface area contributed by atoms with Gasteiger partial charge in [0.25, 0.3) is 5.91 Å². The van der Waals surface area contributed by atoms with Gasteiger partial charge in [-0.3, -0.25) is 24.4 Å². The summed E-state index contributed by atoms with van der Waals surface area (Å²) >= 11 is 1.27. The van der Waals surface area contributed by atoms with E-state index < -0.39 is 47.1 Å². The number of thiazole rings is 1. The number of carbonyl (C=O) groups excluding carboxylic acids is 4. The summed E-state index contributed by atoms with van der Waals surface area (Å²) in [6.07, 6.45) is 2.88. The van der Waals surface area contributed by atoms with Crippen LogP contribution in [-0.2, 0) is 52.7 Å². The largest absolute Gasteiger partial charge is 0.464 e. The lowest BCUT2D eigenvalue weighted by molar-refractivity contribution is -0.155. The molecule has 17 nitrogen and oxygen atoms in total. The van der Waals surface area contributed by atoms with Crippen LogP contribution in [0.3, 0.4) is 0 Å². The number of halogens is 1. The molecule has 19 heteroatoms. The van der Waals surface area contributed by atoms with Gasteiger partial charge in [-0.25, -0.2) is 19.6 Å². The molecule has 6 bridgehead atoms.